The molecule has 0 bridgehead atoms. The van der Waals surface area contributed by atoms with Gasteiger partial charge in [-0.15, -0.1) is 0 Å². The molecule has 2 heterocycles. The highest BCUT2D eigenvalue weighted by Gasteiger charge is 2.11. The van der Waals surface area contributed by atoms with E-state index in [2.05, 4.69) is 25.3 Å². The molecule has 23 heavy (non-hydrogen) atoms. The molecule has 0 aliphatic carbocycles. The molecule has 0 saturated carbocycles. The van der Waals surface area contributed by atoms with E-state index in [1.165, 1.54) is 18.5 Å². The van der Waals surface area contributed by atoms with Crippen molar-refractivity contribution in [3.63, 3.8) is 0 Å². The van der Waals surface area contributed by atoms with Crippen LogP contribution in [-0.4, -0.2) is 19.9 Å². The highest BCUT2D eigenvalue weighted by Crippen LogP contribution is 2.21. The predicted octanol–water partition coefficient (Wildman–Crippen LogP) is 2.27. The Morgan fingerprint density at radius 2 is 1.96 bits per heavy atom. The molecule has 3 N–H and O–H groups in total. The van der Waals surface area contributed by atoms with Crippen LogP contribution >= 0.6 is 0 Å². The number of rotatable bonds is 3. The van der Waals surface area contributed by atoms with Gasteiger partial charge in [0.1, 0.15) is 11.9 Å². The number of nitrogens with zero attached hydrogens (tertiary/aromatic N) is 5. The van der Waals surface area contributed by atoms with Crippen LogP contribution in [-0.2, 0) is 0 Å². The van der Waals surface area contributed by atoms with E-state index >= 15 is 0 Å². The zero-order valence-electron chi connectivity index (χ0n) is 11.7. The molecular formula is C15H10FN7. The highest BCUT2D eigenvalue weighted by atomic mass is 19.1. The number of benzene rings is 1. The van der Waals surface area contributed by atoms with Crippen molar-refractivity contribution in [2.24, 2.45) is 0 Å². The fourth-order valence-electron chi connectivity index (χ4n) is 1.91. The third-order valence-corrected chi connectivity index (χ3v) is 2.89. The molecule has 1 aromatic carbocycles. The van der Waals surface area contributed by atoms with Crippen LogP contribution in [0.4, 0.5) is 22.0 Å². The van der Waals surface area contributed by atoms with Gasteiger partial charge < -0.3 is 11.1 Å². The lowest BCUT2D eigenvalue weighted by Crippen LogP contribution is -2.05. The van der Waals surface area contributed by atoms with Gasteiger partial charge in [-0.1, -0.05) is 12.1 Å². The van der Waals surface area contributed by atoms with Crippen LogP contribution in [0.2, 0.25) is 0 Å². The number of nitriles is 1. The van der Waals surface area contributed by atoms with Gasteiger partial charge in [0.05, 0.1) is 23.0 Å². The summed E-state index contributed by atoms with van der Waals surface area (Å²) < 4.78 is 13.9. The van der Waals surface area contributed by atoms with Gasteiger partial charge in [-0.3, -0.25) is 4.98 Å². The second-order valence-electron chi connectivity index (χ2n) is 4.52. The summed E-state index contributed by atoms with van der Waals surface area (Å²) in [5.74, 6) is -0.266. The third kappa shape index (κ3) is 3.19. The molecule has 0 spiro atoms. The van der Waals surface area contributed by atoms with Gasteiger partial charge in [0.15, 0.2) is 5.82 Å². The molecule has 3 aromatic rings. The Balaban J connectivity index is 1.98. The second kappa shape index (κ2) is 6.03. The molecule has 2 aromatic heterocycles. The van der Waals surface area contributed by atoms with Crippen LogP contribution in [0.1, 0.15) is 5.56 Å². The number of nitrogen functional groups attached to an aromatic ring is 1. The zero-order valence-corrected chi connectivity index (χ0v) is 11.7. The van der Waals surface area contributed by atoms with Gasteiger partial charge in [-0.05, 0) is 18.2 Å². The van der Waals surface area contributed by atoms with Gasteiger partial charge in [-0.2, -0.15) is 20.2 Å². The smallest absolute Gasteiger partial charge is 0.232 e. The number of nitrogens with one attached hydrogen (secondary N) is 1. The maximum atomic E-state index is 13.9. The lowest BCUT2D eigenvalue weighted by molar-refractivity contribution is 0.630. The van der Waals surface area contributed by atoms with Gasteiger partial charge >= 0.3 is 0 Å². The topological polar surface area (TPSA) is 113 Å². The van der Waals surface area contributed by atoms with Crippen LogP contribution in [0.15, 0.2) is 42.7 Å². The highest BCUT2D eigenvalue weighted by molar-refractivity contribution is 5.61. The Morgan fingerprint density at radius 1 is 1.13 bits per heavy atom. The van der Waals surface area contributed by atoms with Gasteiger partial charge in [0, 0.05) is 6.20 Å². The summed E-state index contributed by atoms with van der Waals surface area (Å²) in [5, 5.41) is 11.7. The van der Waals surface area contributed by atoms with Crippen molar-refractivity contribution in [2.45, 2.75) is 0 Å². The summed E-state index contributed by atoms with van der Waals surface area (Å²) in [5.41, 5.74) is 6.77. The van der Waals surface area contributed by atoms with Gasteiger partial charge in [-0.25, -0.2) is 4.39 Å². The molecule has 112 valence electrons. The van der Waals surface area contributed by atoms with Crippen LogP contribution in [0, 0.1) is 17.1 Å². The first-order valence-corrected chi connectivity index (χ1v) is 6.54. The first kappa shape index (κ1) is 14.3. The van der Waals surface area contributed by atoms with Gasteiger partial charge in [0.25, 0.3) is 0 Å². The molecule has 0 aliphatic heterocycles. The number of halogens is 1. The summed E-state index contributed by atoms with van der Waals surface area (Å²) in [6.45, 7) is 0. The molecule has 0 atom stereocenters. The van der Waals surface area contributed by atoms with Crippen molar-refractivity contribution in [2.75, 3.05) is 11.1 Å². The first-order valence-electron chi connectivity index (χ1n) is 6.54. The Bertz CT molecular complexity index is 904. The van der Waals surface area contributed by atoms with Crippen LogP contribution in [0.3, 0.4) is 0 Å². The summed E-state index contributed by atoms with van der Waals surface area (Å²) in [4.78, 5) is 16.0. The van der Waals surface area contributed by atoms with Crippen LogP contribution < -0.4 is 11.1 Å². The maximum Gasteiger partial charge on any atom is 0.232 e. The van der Waals surface area contributed by atoms with Crippen molar-refractivity contribution in [1.29, 1.82) is 5.26 Å². The van der Waals surface area contributed by atoms with E-state index in [0.29, 0.717) is 11.3 Å². The molecule has 0 aliphatic rings. The van der Waals surface area contributed by atoms with E-state index in [1.54, 1.807) is 24.3 Å². The molecular weight excluding hydrogens is 297 g/mol. The first-order chi connectivity index (χ1) is 11.2. The number of anilines is 3. The number of pyridine rings is 1. The van der Waals surface area contributed by atoms with Crippen molar-refractivity contribution in [3.05, 3.63) is 54.1 Å². The average molecular weight is 307 g/mol. The Labute approximate surface area is 130 Å². The fraction of sp³-hybridized carbons (Fsp3) is 0. The van der Waals surface area contributed by atoms with E-state index in [4.69, 9.17) is 11.0 Å². The monoisotopic (exact) mass is 307 g/mol. The van der Waals surface area contributed by atoms with E-state index < -0.39 is 5.82 Å². The van der Waals surface area contributed by atoms with E-state index in [9.17, 15) is 4.39 Å². The van der Waals surface area contributed by atoms with E-state index in [0.717, 1.165) is 0 Å². The largest absolute Gasteiger partial charge is 0.368 e. The van der Waals surface area contributed by atoms with Crippen LogP contribution in [0.5, 0.6) is 0 Å². The molecule has 0 amide bonds. The Kier molecular flexibility index (Phi) is 3.76. The Morgan fingerprint density at radius 3 is 2.74 bits per heavy atom. The summed E-state index contributed by atoms with van der Waals surface area (Å²) >= 11 is 0. The Hall–Kier alpha value is -3.60. The third-order valence-electron chi connectivity index (χ3n) is 2.89. The standard InChI is InChI=1S/C15H10FN7/c16-12-4-2-1-3-11(12)13-21-14(18)23-15(22-13)20-10-5-9(6-17)7-19-8-10/h1-5,7-8H,(H3,18,20,21,22,23). The predicted molar refractivity (Wildman–Crippen MR) is 81.9 cm³/mol. The molecule has 7 nitrogen and oxygen atoms in total. The van der Waals surface area contributed by atoms with Crippen molar-refractivity contribution in [3.8, 4) is 17.5 Å². The zero-order chi connectivity index (χ0) is 16.2. The quantitative estimate of drug-likeness (QED) is 0.763. The maximum absolute atomic E-state index is 13.9. The SMILES string of the molecule is N#Cc1cncc(Nc2nc(N)nc(-c3ccccc3F)n2)c1. The summed E-state index contributed by atoms with van der Waals surface area (Å²) in [6.07, 6.45) is 2.93. The average Bonchev–Trinajstić information content (AvgIpc) is 2.55. The molecule has 3 rings (SSSR count). The number of nitrogens with two attached hydrogens (primary N) is 1. The summed E-state index contributed by atoms with van der Waals surface area (Å²) in [7, 11) is 0. The van der Waals surface area contributed by atoms with Crippen molar-refractivity contribution in [1.82, 2.24) is 19.9 Å². The molecule has 8 heteroatoms. The van der Waals surface area contributed by atoms with Crippen LogP contribution in [0.25, 0.3) is 11.4 Å². The van der Waals surface area contributed by atoms with Crippen molar-refractivity contribution >= 4 is 17.6 Å². The lowest BCUT2D eigenvalue weighted by atomic mass is 10.2. The van der Waals surface area contributed by atoms with E-state index in [-0.39, 0.29) is 23.3 Å². The minimum absolute atomic E-state index is 0.0508. The number of hydrogen-bond donors (Lipinski definition) is 2. The fourth-order valence-corrected chi connectivity index (χ4v) is 1.91. The second-order valence-corrected chi connectivity index (χ2v) is 4.52. The van der Waals surface area contributed by atoms with Gasteiger partial charge in [0.2, 0.25) is 11.9 Å². The van der Waals surface area contributed by atoms with E-state index in [1.807, 2.05) is 6.07 Å². The molecule has 0 fully saturated rings. The minimum atomic E-state index is -0.461. The molecule has 0 unspecified atom stereocenters. The molecule has 0 saturated heterocycles. The van der Waals surface area contributed by atoms with Crippen molar-refractivity contribution < 1.29 is 4.39 Å². The molecule has 0 radical (unpaired) electrons. The number of hydrogen-bond acceptors (Lipinski definition) is 7. The normalized spacial score (nSPS) is 10.1. The number of aromatic nitrogens is 4. The lowest BCUT2D eigenvalue weighted by Gasteiger charge is -2.07. The summed E-state index contributed by atoms with van der Waals surface area (Å²) in [6, 6.07) is 9.66. The minimum Gasteiger partial charge on any atom is -0.368 e.